The Hall–Kier alpha value is -4.86. The average Bonchev–Trinajstić information content (AvgIpc) is 3.61. The van der Waals surface area contributed by atoms with Gasteiger partial charge in [0.1, 0.15) is 6.54 Å². The summed E-state index contributed by atoms with van der Waals surface area (Å²) in [4.78, 5) is 36.1. The van der Waals surface area contributed by atoms with Gasteiger partial charge in [0.25, 0.3) is 20.2 Å². The molecule has 356 valence electrons. The lowest BCUT2D eigenvalue weighted by atomic mass is 9.75. The second-order valence-electron chi connectivity index (χ2n) is 16.1. The summed E-state index contributed by atoms with van der Waals surface area (Å²) in [6.07, 6.45) is 15.2. The number of fused-ring (bicyclic) bond motifs is 2. The van der Waals surface area contributed by atoms with E-state index in [0.717, 1.165) is 17.1 Å². The minimum Gasteiger partial charge on any atom is -0.481 e. The smallest absolute Gasteiger partial charge is 0.372 e. The van der Waals surface area contributed by atoms with Crippen molar-refractivity contribution in [2.45, 2.75) is 85.8 Å². The quantitative estimate of drug-likeness (QED) is 0.0238. The van der Waals surface area contributed by atoms with Crippen molar-refractivity contribution in [3.8, 4) is 0 Å². The first-order chi connectivity index (χ1) is 30.8. The molecule has 2 unspecified atom stereocenters. The Morgan fingerprint density at radius 3 is 1.95 bits per heavy atom. The Bertz CT molecular complexity index is 2410. The summed E-state index contributed by atoms with van der Waals surface area (Å²) >= 11 is 0. The fraction of sp³-hybridized carbons (Fsp3) is 0.478. The number of hydrogen-bond acceptors (Lipinski definition) is 12. The third kappa shape index (κ3) is 14.1. The van der Waals surface area contributed by atoms with Crippen molar-refractivity contribution < 1.29 is 74.1 Å². The highest BCUT2D eigenvalue weighted by atomic mass is 32.2. The molecule has 4 rings (SSSR count). The predicted molar refractivity (Wildman–Crippen MR) is 242 cm³/mol. The fourth-order valence-corrected chi connectivity index (χ4v) is 9.25. The molecule has 0 saturated heterocycles. The van der Waals surface area contributed by atoms with E-state index in [4.69, 9.17) is 24.1 Å². The first-order valence-electron chi connectivity index (χ1n) is 21.3. The minimum atomic E-state index is -4.59. The zero-order chi connectivity index (χ0) is 47.8. The summed E-state index contributed by atoms with van der Waals surface area (Å²) in [5.41, 5.74) is 2.59. The minimum absolute atomic E-state index is 0.0156. The number of unbranched alkanes of at least 4 members (excludes halogenated alkanes) is 2. The van der Waals surface area contributed by atoms with Gasteiger partial charge in [0.05, 0.1) is 48.2 Å². The molecule has 0 bridgehead atoms. The number of rotatable bonds is 29. The van der Waals surface area contributed by atoms with Crippen LogP contribution in [0.3, 0.4) is 0 Å². The van der Waals surface area contributed by atoms with E-state index in [-0.39, 0.29) is 35.5 Å². The van der Waals surface area contributed by atoms with E-state index in [1.165, 1.54) is 24.3 Å². The maximum Gasteiger partial charge on any atom is 0.372 e. The Kier molecular flexibility index (Phi) is 19.5. The van der Waals surface area contributed by atoms with Crippen molar-refractivity contribution >= 4 is 55.0 Å². The van der Waals surface area contributed by atoms with Gasteiger partial charge >= 0.3 is 11.9 Å². The lowest BCUT2D eigenvalue weighted by molar-refractivity contribution is -0.438. The molecule has 0 aromatic heterocycles. The van der Waals surface area contributed by atoms with Crippen LogP contribution in [-0.2, 0) is 64.4 Å². The average molecular weight is 946 g/mol. The van der Waals surface area contributed by atoms with E-state index in [1.807, 2.05) is 42.7 Å². The van der Waals surface area contributed by atoms with Crippen molar-refractivity contribution in [1.29, 1.82) is 0 Å². The number of ketones is 1. The number of carbonyl (C=O) groups excluding carboxylic acids is 1. The standard InChI is InChI=1S/C46H60N2O15S2/c1-45(22-13-14-40(49)44(52)53)36-32-34(64(54,55)56)18-20-38(36)47(24-12-8-11-17-43(50)51)41(45)15-9-6-5-7-10-16-42-46(2,23-26-62-30-31-63-29-28-61-4)37-33-35(65(57,58)59)19-21-39(37)48(42)25-27-60-3/h5-7,9-10,15-16,18-21,32-33H,8,11-14,17,22-31H2,1-4H3,(H3-,50,51,52,53,54,55,56,57,58,59)/p+1. The van der Waals surface area contributed by atoms with Crippen LogP contribution in [-0.4, -0.2) is 131 Å². The lowest BCUT2D eigenvalue weighted by Crippen LogP contribution is -2.32. The van der Waals surface area contributed by atoms with Crippen molar-refractivity contribution in [2.24, 2.45) is 0 Å². The van der Waals surface area contributed by atoms with Gasteiger partial charge in [-0.1, -0.05) is 30.4 Å². The lowest BCUT2D eigenvalue weighted by Gasteiger charge is -2.30. The van der Waals surface area contributed by atoms with Gasteiger partial charge in [-0.25, -0.2) is 4.79 Å². The number of anilines is 1. The molecular formula is C46H61N2O15S2+. The summed E-state index contributed by atoms with van der Waals surface area (Å²) in [7, 11) is -5.91. The zero-order valence-electron chi connectivity index (χ0n) is 37.3. The third-order valence-electron chi connectivity index (χ3n) is 11.6. The Labute approximate surface area is 381 Å². The zero-order valence-corrected chi connectivity index (χ0v) is 38.9. The molecule has 17 nitrogen and oxygen atoms in total. The molecule has 0 saturated carbocycles. The molecule has 2 aliphatic heterocycles. The number of carbonyl (C=O) groups is 3. The summed E-state index contributed by atoms with van der Waals surface area (Å²) < 4.78 is 92.9. The number of Topliss-reactive ketones (excluding diaryl/α,β-unsaturated/α-hetero) is 1. The summed E-state index contributed by atoms with van der Waals surface area (Å²) in [6.45, 7) is 7.05. The number of ether oxygens (including phenoxy) is 4. The highest BCUT2D eigenvalue weighted by molar-refractivity contribution is 7.86. The van der Waals surface area contributed by atoms with Crippen LogP contribution in [0.5, 0.6) is 0 Å². The van der Waals surface area contributed by atoms with Crippen LogP contribution in [0, 0.1) is 0 Å². The Morgan fingerprint density at radius 2 is 1.31 bits per heavy atom. The van der Waals surface area contributed by atoms with Gasteiger partial charge in [0.15, 0.2) is 5.71 Å². The van der Waals surface area contributed by atoms with Crippen molar-refractivity contribution in [1.82, 2.24) is 0 Å². The van der Waals surface area contributed by atoms with Gasteiger partial charge < -0.3 is 34.1 Å². The number of hydrogen-bond donors (Lipinski definition) is 4. The first kappa shape index (κ1) is 52.8. The van der Waals surface area contributed by atoms with Crippen LogP contribution in [0.15, 0.2) is 94.4 Å². The number of carboxylic acids is 2. The largest absolute Gasteiger partial charge is 0.481 e. The van der Waals surface area contributed by atoms with E-state index >= 15 is 0 Å². The molecule has 4 N–H and O–H groups in total. The molecule has 2 atom stereocenters. The van der Waals surface area contributed by atoms with Crippen molar-refractivity contribution in [2.75, 3.05) is 71.9 Å². The molecule has 0 radical (unpaired) electrons. The monoisotopic (exact) mass is 945 g/mol. The van der Waals surface area contributed by atoms with Gasteiger partial charge in [0, 0.05) is 81.1 Å². The number of methoxy groups -OCH3 is 2. The van der Waals surface area contributed by atoms with Crippen LogP contribution < -0.4 is 4.90 Å². The Balaban J connectivity index is 1.69. The van der Waals surface area contributed by atoms with Gasteiger partial charge in [0.2, 0.25) is 11.5 Å². The van der Waals surface area contributed by atoms with Gasteiger partial charge in [-0.3, -0.25) is 18.7 Å². The SMILES string of the molecule is COCCOCCOCCC1(C)\C(=C/C=C/C=C/C=C/C2=[N+](CCCCCC(=O)O)c3ccc(S(=O)(=O)O)cc3C2(C)CCCC(=O)C(=O)O)N(CCOC)c2ccc(S(=O)(=O)O)cc21. The molecule has 65 heavy (non-hydrogen) atoms. The summed E-state index contributed by atoms with van der Waals surface area (Å²) in [6, 6.07) is 8.83. The van der Waals surface area contributed by atoms with E-state index in [2.05, 4.69) is 4.90 Å². The number of carboxylic acid groups (broad SMARTS) is 2. The van der Waals surface area contributed by atoms with Gasteiger partial charge in [-0.15, -0.1) is 0 Å². The molecule has 19 heteroatoms. The second kappa shape index (κ2) is 24.1. The second-order valence-corrected chi connectivity index (χ2v) is 18.9. The molecule has 0 fully saturated rings. The molecule has 2 aromatic carbocycles. The number of benzene rings is 2. The van der Waals surface area contributed by atoms with Crippen LogP contribution >= 0.6 is 0 Å². The molecule has 0 spiro atoms. The van der Waals surface area contributed by atoms with Crippen LogP contribution in [0.1, 0.15) is 76.3 Å². The maximum absolute atomic E-state index is 12.3. The number of allylic oxidation sites excluding steroid dienone is 8. The van der Waals surface area contributed by atoms with E-state index < -0.39 is 48.8 Å². The molecule has 2 aliphatic rings. The first-order valence-corrected chi connectivity index (χ1v) is 24.2. The van der Waals surface area contributed by atoms with Crippen LogP contribution in [0.2, 0.25) is 0 Å². The highest BCUT2D eigenvalue weighted by Gasteiger charge is 2.48. The van der Waals surface area contributed by atoms with E-state index in [1.54, 1.807) is 44.6 Å². The molecule has 0 aliphatic carbocycles. The van der Waals surface area contributed by atoms with E-state index in [0.29, 0.717) is 95.2 Å². The highest BCUT2D eigenvalue weighted by Crippen LogP contribution is 2.51. The molecular weight excluding hydrogens is 885 g/mol. The van der Waals surface area contributed by atoms with Crippen LogP contribution in [0.25, 0.3) is 0 Å². The molecule has 0 amide bonds. The normalized spacial score (nSPS) is 19.4. The number of nitrogens with zero attached hydrogens (tertiary/aromatic N) is 2. The summed E-state index contributed by atoms with van der Waals surface area (Å²) in [5.74, 6) is -3.39. The fourth-order valence-electron chi connectivity index (χ4n) is 8.23. The predicted octanol–water partition coefficient (Wildman–Crippen LogP) is 6.05. The number of aliphatic carboxylic acids is 2. The van der Waals surface area contributed by atoms with Crippen LogP contribution in [0.4, 0.5) is 11.4 Å². The summed E-state index contributed by atoms with van der Waals surface area (Å²) in [5, 5.41) is 18.4. The van der Waals surface area contributed by atoms with Gasteiger partial charge in [-0.05, 0) is 87.9 Å². The topological polar surface area (TPSA) is 244 Å². The van der Waals surface area contributed by atoms with E-state index in [9.17, 15) is 45.4 Å². The van der Waals surface area contributed by atoms with Crippen molar-refractivity contribution in [3.05, 3.63) is 95.8 Å². The maximum atomic E-state index is 12.3. The Morgan fingerprint density at radius 1 is 0.692 bits per heavy atom. The third-order valence-corrected chi connectivity index (χ3v) is 13.3. The molecule has 2 heterocycles. The molecule has 2 aromatic rings. The van der Waals surface area contributed by atoms with Gasteiger partial charge in [-0.2, -0.15) is 21.4 Å². The van der Waals surface area contributed by atoms with Crippen molar-refractivity contribution in [3.63, 3.8) is 0 Å².